The molecule has 2 aliphatic heterocycles. The number of nitrogens with zero attached hydrogens (tertiary/aromatic N) is 2. The Labute approximate surface area is 128 Å². The van der Waals surface area contributed by atoms with Gasteiger partial charge >= 0.3 is 0 Å². The Morgan fingerprint density at radius 3 is 2.48 bits per heavy atom. The van der Waals surface area contributed by atoms with E-state index in [1.54, 1.807) is 0 Å². The second-order valence-corrected chi connectivity index (χ2v) is 6.97. The molecule has 4 nitrogen and oxygen atoms in total. The molecule has 2 saturated heterocycles. The summed E-state index contributed by atoms with van der Waals surface area (Å²) in [5.41, 5.74) is 0. The third-order valence-electron chi connectivity index (χ3n) is 5.28. The lowest BCUT2D eigenvalue weighted by molar-refractivity contribution is -0.136. The first-order chi connectivity index (χ1) is 10.3. The van der Waals surface area contributed by atoms with E-state index in [0.29, 0.717) is 11.8 Å². The highest BCUT2D eigenvalue weighted by Gasteiger charge is 2.30. The molecule has 3 fully saturated rings. The van der Waals surface area contributed by atoms with E-state index in [9.17, 15) is 4.79 Å². The van der Waals surface area contributed by atoms with Crippen LogP contribution < -0.4 is 0 Å². The zero-order valence-corrected chi connectivity index (χ0v) is 13.3. The van der Waals surface area contributed by atoms with Gasteiger partial charge in [-0.25, -0.2) is 0 Å². The maximum absolute atomic E-state index is 12.6. The van der Waals surface area contributed by atoms with Crippen molar-refractivity contribution in [3.63, 3.8) is 0 Å². The molecule has 0 aromatic heterocycles. The van der Waals surface area contributed by atoms with Crippen molar-refractivity contribution in [2.75, 3.05) is 39.3 Å². The zero-order valence-electron chi connectivity index (χ0n) is 13.3. The third-order valence-corrected chi connectivity index (χ3v) is 5.28. The fourth-order valence-electron chi connectivity index (χ4n) is 4.07. The average Bonchev–Trinajstić information content (AvgIpc) is 2.95. The van der Waals surface area contributed by atoms with E-state index in [2.05, 4.69) is 9.80 Å². The molecule has 3 aliphatic rings. The number of amides is 1. The number of rotatable bonds is 3. The lowest BCUT2D eigenvalue weighted by Crippen LogP contribution is -2.45. The topological polar surface area (TPSA) is 32.8 Å². The number of piperidine rings is 1. The van der Waals surface area contributed by atoms with Gasteiger partial charge in [0, 0.05) is 32.2 Å². The molecule has 4 heteroatoms. The van der Waals surface area contributed by atoms with Crippen molar-refractivity contribution in [1.82, 2.24) is 9.80 Å². The molecule has 0 spiro atoms. The summed E-state index contributed by atoms with van der Waals surface area (Å²) in [6, 6.07) is 0. The second-order valence-electron chi connectivity index (χ2n) is 6.97. The highest BCUT2D eigenvalue weighted by Crippen LogP contribution is 2.27. The summed E-state index contributed by atoms with van der Waals surface area (Å²) in [4.78, 5) is 17.3. The standard InChI is InChI=1S/C17H30N2O2/c20-17(15-7-2-3-8-15)19-11-6-12-21-16(14-19)13-18-9-4-1-5-10-18/h15-16H,1-14H2. The van der Waals surface area contributed by atoms with E-state index in [1.165, 1.54) is 45.2 Å². The van der Waals surface area contributed by atoms with Gasteiger partial charge in [0.05, 0.1) is 6.10 Å². The van der Waals surface area contributed by atoms with E-state index in [-0.39, 0.29) is 6.10 Å². The first kappa shape index (κ1) is 15.3. The predicted octanol–water partition coefficient (Wildman–Crippen LogP) is 2.28. The average molecular weight is 294 g/mol. The number of hydrogen-bond acceptors (Lipinski definition) is 3. The lowest BCUT2D eigenvalue weighted by atomic mass is 10.1. The SMILES string of the molecule is O=C(C1CCCC1)N1CCCOC(CN2CCCCC2)C1. The minimum Gasteiger partial charge on any atom is -0.375 e. The molecule has 0 N–H and O–H groups in total. The van der Waals surface area contributed by atoms with Gasteiger partial charge in [-0.1, -0.05) is 19.3 Å². The van der Waals surface area contributed by atoms with Gasteiger partial charge in [0.2, 0.25) is 5.91 Å². The number of carbonyl (C=O) groups is 1. The summed E-state index contributed by atoms with van der Waals surface area (Å²) in [6.07, 6.45) is 9.89. The molecular formula is C17H30N2O2. The van der Waals surface area contributed by atoms with Crippen LogP contribution in [-0.4, -0.2) is 61.1 Å². The van der Waals surface area contributed by atoms with Gasteiger partial charge in [-0.3, -0.25) is 4.79 Å². The van der Waals surface area contributed by atoms with Crippen LogP contribution in [0.1, 0.15) is 51.4 Å². The molecular weight excluding hydrogens is 264 g/mol. The van der Waals surface area contributed by atoms with Crippen LogP contribution >= 0.6 is 0 Å². The van der Waals surface area contributed by atoms with E-state index in [4.69, 9.17) is 4.74 Å². The molecule has 0 bridgehead atoms. The van der Waals surface area contributed by atoms with Crippen molar-refractivity contribution in [2.24, 2.45) is 5.92 Å². The molecule has 1 unspecified atom stereocenters. The minimum absolute atomic E-state index is 0.218. The van der Waals surface area contributed by atoms with Gasteiger partial charge in [-0.2, -0.15) is 0 Å². The van der Waals surface area contributed by atoms with Gasteiger partial charge in [0.1, 0.15) is 0 Å². The Morgan fingerprint density at radius 2 is 1.71 bits per heavy atom. The van der Waals surface area contributed by atoms with Crippen molar-refractivity contribution >= 4 is 5.91 Å². The van der Waals surface area contributed by atoms with Crippen LogP contribution in [0.4, 0.5) is 0 Å². The Kier molecular flexibility index (Phi) is 5.53. The summed E-state index contributed by atoms with van der Waals surface area (Å²) in [5.74, 6) is 0.709. The lowest BCUT2D eigenvalue weighted by Gasteiger charge is -2.32. The number of carbonyl (C=O) groups excluding carboxylic acids is 1. The quantitative estimate of drug-likeness (QED) is 0.800. The molecule has 120 valence electrons. The van der Waals surface area contributed by atoms with Gasteiger partial charge < -0.3 is 14.5 Å². The number of ether oxygens (including phenoxy) is 1. The van der Waals surface area contributed by atoms with Gasteiger partial charge in [0.15, 0.2) is 0 Å². The van der Waals surface area contributed by atoms with Crippen LogP contribution in [0.15, 0.2) is 0 Å². The molecule has 1 aliphatic carbocycles. The summed E-state index contributed by atoms with van der Waals surface area (Å²) < 4.78 is 6.01. The van der Waals surface area contributed by atoms with Gasteiger partial charge in [-0.05, 0) is 45.2 Å². The van der Waals surface area contributed by atoms with Gasteiger partial charge in [0.25, 0.3) is 0 Å². The molecule has 1 saturated carbocycles. The molecule has 2 heterocycles. The smallest absolute Gasteiger partial charge is 0.225 e. The van der Waals surface area contributed by atoms with E-state index in [1.807, 2.05) is 0 Å². The first-order valence-electron chi connectivity index (χ1n) is 8.95. The van der Waals surface area contributed by atoms with Crippen molar-refractivity contribution < 1.29 is 9.53 Å². The summed E-state index contributed by atoms with van der Waals surface area (Å²) in [5, 5.41) is 0. The van der Waals surface area contributed by atoms with Gasteiger partial charge in [-0.15, -0.1) is 0 Å². The van der Waals surface area contributed by atoms with E-state index >= 15 is 0 Å². The van der Waals surface area contributed by atoms with Crippen molar-refractivity contribution in [3.8, 4) is 0 Å². The summed E-state index contributed by atoms with van der Waals surface area (Å²) in [6.45, 7) is 5.94. The number of likely N-dealkylation sites (tertiary alicyclic amines) is 1. The Balaban J connectivity index is 1.53. The van der Waals surface area contributed by atoms with Crippen molar-refractivity contribution in [1.29, 1.82) is 0 Å². The number of hydrogen-bond donors (Lipinski definition) is 0. The van der Waals surface area contributed by atoms with E-state index in [0.717, 1.165) is 45.5 Å². The molecule has 0 aromatic rings. The molecule has 0 aromatic carbocycles. The molecule has 3 rings (SSSR count). The monoisotopic (exact) mass is 294 g/mol. The van der Waals surface area contributed by atoms with Crippen LogP contribution in [0, 0.1) is 5.92 Å². The summed E-state index contributed by atoms with van der Waals surface area (Å²) >= 11 is 0. The Hall–Kier alpha value is -0.610. The second kappa shape index (κ2) is 7.59. The molecule has 21 heavy (non-hydrogen) atoms. The zero-order chi connectivity index (χ0) is 14.5. The predicted molar refractivity (Wildman–Crippen MR) is 83.2 cm³/mol. The van der Waals surface area contributed by atoms with Crippen LogP contribution in [0.25, 0.3) is 0 Å². The van der Waals surface area contributed by atoms with Crippen LogP contribution in [0.5, 0.6) is 0 Å². The first-order valence-corrected chi connectivity index (χ1v) is 8.95. The molecule has 1 amide bonds. The summed E-state index contributed by atoms with van der Waals surface area (Å²) in [7, 11) is 0. The Morgan fingerprint density at radius 1 is 0.952 bits per heavy atom. The largest absolute Gasteiger partial charge is 0.375 e. The fraction of sp³-hybridized carbons (Fsp3) is 0.941. The van der Waals surface area contributed by atoms with Crippen molar-refractivity contribution in [3.05, 3.63) is 0 Å². The Bertz CT molecular complexity index is 336. The molecule has 1 atom stereocenters. The normalized spacial score (nSPS) is 29.5. The van der Waals surface area contributed by atoms with Crippen LogP contribution in [0.2, 0.25) is 0 Å². The van der Waals surface area contributed by atoms with E-state index < -0.39 is 0 Å². The highest BCUT2D eigenvalue weighted by atomic mass is 16.5. The van der Waals surface area contributed by atoms with Crippen molar-refractivity contribution in [2.45, 2.75) is 57.5 Å². The third kappa shape index (κ3) is 4.19. The maximum atomic E-state index is 12.6. The molecule has 0 radical (unpaired) electrons. The maximum Gasteiger partial charge on any atom is 0.225 e. The highest BCUT2D eigenvalue weighted by molar-refractivity contribution is 5.79. The minimum atomic E-state index is 0.218. The fourth-order valence-corrected chi connectivity index (χ4v) is 4.07. The van der Waals surface area contributed by atoms with Crippen LogP contribution in [0.3, 0.4) is 0 Å². The van der Waals surface area contributed by atoms with Crippen LogP contribution in [-0.2, 0) is 9.53 Å².